The van der Waals surface area contributed by atoms with Crippen molar-refractivity contribution >= 4 is 0 Å². The summed E-state index contributed by atoms with van der Waals surface area (Å²) in [5, 5.41) is 0. The van der Waals surface area contributed by atoms with Gasteiger partial charge in [-0.25, -0.2) is 0 Å². The van der Waals surface area contributed by atoms with Crippen molar-refractivity contribution in [3.63, 3.8) is 0 Å². The minimum Gasteiger partial charge on any atom is -0.103 e. The van der Waals surface area contributed by atoms with E-state index in [1.807, 2.05) is 6.08 Å². The Balaban J connectivity index is 3.20. The molecule has 0 aliphatic heterocycles. The summed E-state index contributed by atoms with van der Waals surface area (Å²) < 4.78 is 0. The highest BCUT2D eigenvalue weighted by Crippen LogP contribution is 2.20. The lowest BCUT2D eigenvalue weighted by atomic mass is 9.93. The molecular weight excluding hydrogens is 180 g/mol. The van der Waals surface area contributed by atoms with Crippen LogP contribution in [0.25, 0.3) is 0 Å². The van der Waals surface area contributed by atoms with E-state index in [0.29, 0.717) is 0 Å². The zero-order valence-corrected chi connectivity index (χ0v) is 10.3. The van der Waals surface area contributed by atoms with Crippen LogP contribution in [0.5, 0.6) is 0 Å². The number of benzene rings is 1. The molecule has 1 aromatic carbocycles. The second-order valence-electron chi connectivity index (χ2n) is 3.94. The first-order chi connectivity index (χ1) is 7.26. The van der Waals surface area contributed by atoms with Gasteiger partial charge in [-0.2, -0.15) is 0 Å². The van der Waals surface area contributed by atoms with Crippen LogP contribution < -0.4 is 0 Å². The molecule has 0 unspecified atom stereocenters. The van der Waals surface area contributed by atoms with Crippen molar-refractivity contribution in [3.05, 3.63) is 47.0 Å². The standard InChI is InChI=1S/C15H22/c1-5-9-15-11-13(7-3)12(6-2)10-14(15)8-4/h5,10-11H,1,6-9H2,2-4H3. The Kier molecular flexibility index (Phi) is 4.61. The Morgan fingerprint density at radius 3 is 1.67 bits per heavy atom. The predicted octanol–water partition coefficient (Wildman–Crippen LogP) is 4.10. The first kappa shape index (κ1) is 12.0. The zero-order valence-electron chi connectivity index (χ0n) is 10.3. The van der Waals surface area contributed by atoms with Crippen molar-refractivity contribution in [2.75, 3.05) is 0 Å². The highest BCUT2D eigenvalue weighted by atomic mass is 14.1. The topological polar surface area (TPSA) is 0 Å². The summed E-state index contributed by atoms with van der Waals surface area (Å²) in [6.07, 6.45) is 6.40. The molecule has 15 heavy (non-hydrogen) atoms. The Bertz CT molecular complexity index is 334. The van der Waals surface area contributed by atoms with Gasteiger partial charge < -0.3 is 0 Å². The molecule has 0 aliphatic carbocycles. The quantitative estimate of drug-likeness (QED) is 0.630. The first-order valence-electron chi connectivity index (χ1n) is 6.01. The van der Waals surface area contributed by atoms with E-state index >= 15 is 0 Å². The van der Waals surface area contributed by atoms with Gasteiger partial charge in [-0.15, -0.1) is 6.58 Å². The molecule has 0 amide bonds. The highest BCUT2D eigenvalue weighted by molar-refractivity contribution is 5.39. The summed E-state index contributed by atoms with van der Waals surface area (Å²) in [7, 11) is 0. The van der Waals surface area contributed by atoms with Gasteiger partial charge in [0.2, 0.25) is 0 Å². The van der Waals surface area contributed by atoms with E-state index in [1.54, 1.807) is 0 Å². The normalized spacial score (nSPS) is 10.3. The summed E-state index contributed by atoms with van der Waals surface area (Å²) in [5.41, 5.74) is 5.97. The average Bonchev–Trinajstić information content (AvgIpc) is 2.28. The van der Waals surface area contributed by atoms with Crippen molar-refractivity contribution in [1.29, 1.82) is 0 Å². The molecule has 0 nitrogen and oxygen atoms in total. The van der Waals surface area contributed by atoms with Crippen LogP contribution in [0.4, 0.5) is 0 Å². The molecule has 0 heterocycles. The fourth-order valence-electron chi connectivity index (χ4n) is 2.12. The van der Waals surface area contributed by atoms with Gasteiger partial charge in [-0.05, 0) is 47.9 Å². The van der Waals surface area contributed by atoms with Gasteiger partial charge in [0.05, 0.1) is 0 Å². The fraction of sp³-hybridized carbons (Fsp3) is 0.467. The van der Waals surface area contributed by atoms with Crippen LogP contribution in [0, 0.1) is 0 Å². The highest BCUT2D eigenvalue weighted by Gasteiger charge is 2.05. The van der Waals surface area contributed by atoms with E-state index in [1.165, 1.54) is 22.3 Å². The molecule has 0 bridgehead atoms. The Morgan fingerprint density at radius 2 is 1.27 bits per heavy atom. The summed E-state index contributed by atoms with van der Waals surface area (Å²) in [4.78, 5) is 0. The molecule has 82 valence electrons. The number of rotatable bonds is 5. The molecule has 0 heteroatoms. The van der Waals surface area contributed by atoms with Gasteiger partial charge in [-0.1, -0.05) is 39.0 Å². The third kappa shape index (κ3) is 2.71. The SMILES string of the molecule is C=CCc1cc(CC)c(CC)cc1CC. The molecule has 0 atom stereocenters. The average molecular weight is 202 g/mol. The van der Waals surface area contributed by atoms with Crippen LogP contribution >= 0.6 is 0 Å². The lowest BCUT2D eigenvalue weighted by Gasteiger charge is -2.13. The maximum Gasteiger partial charge on any atom is -0.00973 e. The first-order valence-corrected chi connectivity index (χ1v) is 6.01. The van der Waals surface area contributed by atoms with Crippen molar-refractivity contribution in [1.82, 2.24) is 0 Å². The van der Waals surface area contributed by atoms with Gasteiger partial charge in [0, 0.05) is 0 Å². The summed E-state index contributed by atoms with van der Waals surface area (Å²) in [5.74, 6) is 0. The lowest BCUT2D eigenvalue weighted by molar-refractivity contribution is 0.990. The maximum atomic E-state index is 3.83. The van der Waals surface area contributed by atoms with Gasteiger partial charge in [-0.3, -0.25) is 0 Å². The van der Waals surface area contributed by atoms with Crippen molar-refractivity contribution in [2.24, 2.45) is 0 Å². The van der Waals surface area contributed by atoms with Crippen LogP contribution in [0.15, 0.2) is 24.8 Å². The third-order valence-electron chi connectivity index (χ3n) is 3.03. The molecule has 0 saturated carbocycles. The molecule has 0 aromatic heterocycles. The van der Waals surface area contributed by atoms with Gasteiger partial charge in [0.1, 0.15) is 0 Å². The van der Waals surface area contributed by atoms with Crippen LogP contribution in [-0.2, 0) is 25.7 Å². The van der Waals surface area contributed by atoms with Gasteiger partial charge in [0.15, 0.2) is 0 Å². The predicted molar refractivity (Wildman–Crippen MR) is 68.5 cm³/mol. The Labute approximate surface area is 94.0 Å². The number of hydrogen-bond acceptors (Lipinski definition) is 0. The summed E-state index contributed by atoms with van der Waals surface area (Å²) in [6.45, 7) is 10.5. The van der Waals surface area contributed by atoms with Crippen LogP contribution in [0.2, 0.25) is 0 Å². The number of aryl methyl sites for hydroxylation is 3. The molecule has 0 N–H and O–H groups in total. The molecule has 1 rings (SSSR count). The second-order valence-corrected chi connectivity index (χ2v) is 3.94. The van der Waals surface area contributed by atoms with Crippen molar-refractivity contribution in [3.8, 4) is 0 Å². The zero-order chi connectivity index (χ0) is 11.3. The van der Waals surface area contributed by atoms with Crippen LogP contribution in [0.1, 0.15) is 43.0 Å². The lowest BCUT2D eigenvalue weighted by Crippen LogP contribution is -1.99. The second kappa shape index (κ2) is 5.75. The third-order valence-corrected chi connectivity index (χ3v) is 3.03. The fourth-order valence-corrected chi connectivity index (χ4v) is 2.12. The summed E-state index contributed by atoms with van der Waals surface area (Å²) in [6, 6.07) is 4.76. The Morgan fingerprint density at radius 1 is 0.867 bits per heavy atom. The largest absolute Gasteiger partial charge is 0.103 e. The van der Waals surface area contributed by atoms with E-state index < -0.39 is 0 Å². The monoisotopic (exact) mass is 202 g/mol. The number of allylic oxidation sites excluding steroid dienone is 1. The van der Waals surface area contributed by atoms with E-state index in [9.17, 15) is 0 Å². The smallest absolute Gasteiger partial charge is 0.00973 e. The molecule has 1 aromatic rings. The van der Waals surface area contributed by atoms with Crippen LogP contribution in [0.3, 0.4) is 0 Å². The van der Waals surface area contributed by atoms with Crippen molar-refractivity contribution < 1.29 is 0 Å². The maximum absolute atomic E-state index is 3.83. The number of hydrogen-bond donors (Lipinski definition) is 0. The van der Waals surface area contributed by atoms with Crippen LogP contribution in [-0.4, -0.2) is 0 Å². The van der Waals surface area contributed by atoms with E-state index in [4.69, 9.17) is 0 Å². The molecule has 0 spiro atoms. The minimum absolute atomic E-state index is 1.00. The van der Waals surface area contributed by atoms with E-state index in [0.717, 1.165) is 25.7 Å². The summed E-state index contributed by atoms with van der Waals surface area (Å²) >= 11 is 0. The molecule has 0 aliphatic rings. The molecule has 0 radical (unpaired) electrons. The van der Waals surface area contributed by atoms with Gasteiger partial charge in [0.25, 0.3) is 0 Å². The minimum atomic E-state index is 1.00. The van der Waals surface area contributed by atoms with E-state index in [-0.39, 0.29) is 0 Å². The molecule has 0 saturated heterocycles. The molecule has 0 fully saturated rings. The molecular formula is C15H22. The van der Waals surface area contributed by atoms with Crippen molar-refractivity contribution in [2.45, 2.75) is 46.5 Å². The van der Waals surface area contributed by atoms with Gasteiger partial charge >= 0.3 is 0 Å². The Hall–Kier alpha value is -1.04. The van der Waals surface area contributed by atoms with E-state index in [2.05, 4.69) is 39.5 Å².